The van der Waals surface area contributed by atoms with Gasteiger partial charge in [-0.25, -0.2) is 0 Å². The van der Waals surface area contributed by atoms with Crippen molar-refractivity contribution in [2.45, 2.75) is 90.5 Å². The fraction of sp³-hybridized carbons (Fsp3) is 1.00. The monoisotopic (exact) mass is 243 g/mol. The van der Waals surface area contributed by atoms with Crippen molar-refractivity contribution >= 4 is 0 Å². The molecule has 0 aromatic heterocycles. The summed E-state index contributed by atoms with van der Waals surface area (Å²) >= 11 is 0. The molecular formula is C14H29NO2. The molecule has 0 aliphatic rings. The molecule has 0 heterocycles. The lowest BCUT2D eigenvalue weighted by Gasteiger charge is -2.04. The Morgan fingerprint density at radius 3 is 1.71 bits per heavy atom. The SMILES string of the molecule is CCCCCCCCCCCCC(C)[N+](=O)[O-]. The Morgan fingerprint density at radius 2 is 1.29 bits per heavy atom. The first kappa shape index (κ1) is 16.4. The van der Waals surface area contributed by atoms with Gasteiger partial charge in [0.1, 0.15) is 0 Å². The lowest BCUT2D eigenvalue weighted by atomic mass is 10.0. The number of nitrogens with zero attached hydrogens (tertiary/aromatic N) is 1. The van der Waals surface area contributed by atoms with Crippen molar-refractivity contribution < 1.29 is 4.92 Å². The summed E-state index contributed by atoms with van der Waals surface area (Å²) in [5.41, 5.74) is 0. The molecule has 0 spiro atoms. The Labute approximate surface area is 106 Å². The highest BCUT2D eigenvalue weighted by atomic mass is 16.6. The zero-order valence-corrected chi connectivity index (χ0v) is 11.6. The van der Waals surface area contributed by atoms with Crippen molar-refractivity contribution in [1.82, 2.24) is 0 Å². The normalized spacial score (nSPS) is 12.6. The van der Waals surface area contributed by atoms with Crippen LogP contribution in [0.25, 0.3) is 0 Å². The molecule has 0 rings (SSSR count). The van der Waals surface area contributed by atoms with Gasteiger partial charge in [0.25, 0.3) is 0 Å². The lowest BCUT2D eigenvalue weighted by Crippen LogP contribution is -2.14. The first-order valence-electron chi connectivity index (χ1n) is 7.32. The van der Waals surface area contributed by atoms with Crippen molar-refractivity contribution in [3.05, 3.63) is 10.1 Å². The smallest absolute Gasteiger partial charge is 0.210 e. The summed E-state index contributed by atoms with van der Waals surface area (Å²) in [6.45, 7) is 3.94. The third-order valence-corrected chi connectivity index (χ3v) is 3.34. The molecule has 3 nitrogen and oxygen atoms in total. The Hall–Kier alpha value is -0.600. The van der Waals surface area contributed by atoms with E-state index in [0.29, 0.717) is 0 Å². The zero-order chi connectivity index (χ0) is 12.9. The van der Waals surface area contributed by atoms with E-state index in [1.165, 1.54) is 51.4 Å². The van der Waals surface area contributed by atoms with Crippen LogP contribution in [0.15, 0.2) is 0 Å². The van der Waals surface area contributed by atoms with E-state index in [9.17, 15) is 10.1 Å². The predicted octanol–water partition coefficient (Wildman–Crippen LogP) is 4.96. The quantitative estimate of drug-likeness (QED) is 0.276. The third kappa shape index (κ3) is 11.7. The summed E-state index contributed by atoms with van der Waals surface area (Å²) in [5, 5.41) is 10.4. The summed E-state index contributed by atoms with van der Waals surface area (Å²) in [7, 11) is 0. The molecule has 0 saturated carbocycles. The van der Waals surface area contributed by atoms with Crippen LogP contribution in [0, 0.1) is 10.1 Å². The Bertz CT molecular complexity index is 183. The molecule has 17 heavy (non-hydrogen) atoms. The predicted molar refractivity (Wildman–Crippen MR) is 72.9 cm³/mol. The van der Waals surface area contributed by atoms with Crippen LogP contribution in [0.4, 0.5) is 0 Å². The van der Waals surface area contributed by atoms with E-state index in [1.54, 1.807) is 6.92 Å². The van der Waals surface area contributed by atoms with E-state index in [-0.39, 0.29) is 11.0 Å². The summed E-state index contributed by atoms with van der Waals surface area (Å²) in [5.74, 6) is 0. The molecule has 0 aromatic carbocycles. The van der Waals surface area contributed by atoms with Crippen molar-refractivity contribution in [3.8, 4) is 0 Å². The van der Waals surface area contributed by atoms with Crippen molar-refractivity contribution in [2.75, 3.05) is 0 Å². The molecular weight excluding hydrogens is 214 g/mol. The first-order chi connectivity index (χ1) is 8.18. The second kappa shape index (κ2) is 11.9. The summed E-state index contributed by atoms with van der Waals surface area (Å²) < 4.78 is 0. The van der Waals surface area contributed by atoms with E-state index in [0.717, 1.165) is 19.3 Å². The van der Waals surface area contributed by atoms with Crippen molar-refractivity contribution in [1.29, 1.82) is 0 Å². The maximum atomic E-state index is 10.4. The molecule has 0 aliphatic carbocycles. The fourth-order valence-electron chi connectivity index (χ4n) is 2.03. The van der Waals surface area contributed by atoms with E-state index >= 15 is 0 Å². The molecule has 0 amide bonds. The van der Waals surface area contributed by atoms with Gasteiger partial charge in [-0.05, 0) is 6.42 Å². The average molecular weight is 243 g/mol. The number of unbranched alkanes of at least 4 members (excludes halogenated alkanes) is 9. The van der Waals surface area contributed by atoms with Crippen LogP contribution >= 0.6 is 0 Å². The molecule has 0 radical (unpaired) electrons. The first-order valence-corrected chi connectivity index (χ1v) is 7.32. The molecule has 0 bridgehead atoms. The van der Waals surface area contributed by atoms with Crippen molar-refractivity contribution in [3.63, 3.8) is 0 Å². The lowest BCUT2D eigenvalue weighted by molar-refractivity contribution is -0.519. The Morgan fingerprint density at radius 1 is 0.882 bits per heavy atom. The molecule has 1 atom stereocenters. The van der Waals surface area contributed by atoms with Gasteiger partial charge in [-0.2, -0.15) is 0 Å². The standard InChI is InChI=1S/C14H29NO2/c1-3-4-5-6-7-8-9-10-11-12-13-14(2)15(16)17/h14H,3-13H2,1-2H3. The second-order valence-corrected chi connectivity index (χ2v) is 5.11. The van der Waals surface area contributed by atoms with Gasteiger partial charge >= 0.3 is 0 Å². The minimum absolute atomic E-state index is 0.173. The maximum absolute atomic E-state index is 10.4. The van der Waals surface area contributed by atoms with E-state index < -0.39 is 0 Å². The highest BCUT2D eigenvalue weighted by Gasteiger charge is 2.10. The van der Waals surface area contributed by atoms with Crippen LogP contribution in [0.3, 0.4) is 0 Å². The molecule has 0 aliphatic heterocycles. The van der Waals surface area contributed by atoms with Crippen LogP contribution in [0.5, 0.6) is 0 Å². The number of hydrogen-bond acceptors (Lipinski definition) is 2. The Balaban J connectivity index is 3.06. The van der Waals surface area contributed by atoms with Gasteiger partial charge in [0.2, 0.25) is 6.04 Å². The second-order valence-electron chi connectivity index (χ2n) is 5.11. The molecule has 1 unspecified atom stereocenters. The molecule has 3 heteroatoms. The van der Waals surface area contributed by atoms with Crippen molar-refractivity contribution in [2.24, 2.45) is 0 Å². The van der Waals surface area contributed by atoms with Gasteiger partial charge in [-0.3, -0.25) is 10.1 Å². The number of nitro groups is 1. The number of hydrogen-bond donors (Lipinski definition) is 0. The van der Waals surface area contributed by atoms with Crippen LogP contribution in [0.2, 0.25) is 0 Å². The summed E-state index contributed by atoms with van der Waals surface area (Å²) in [4.78, 5) is 10.2. The highest BCUT2D eigenvalue weighted by Crippen LogP contribution is 2.12. The van der Waals surface area contributed by atoms with E-state index in [4.69, 9.17) is 0 Å². The van der Waals surface area contributed by atoms with E-state index in [2.05, 4.69) is 6.92 Å². The van der Waals surface area contributed by atoms with Crippen LogP contribution in [-0.2, 0) is 0 Å². The Kier molecular flexibility index (Phi) is 11.5. The maximum Gasteiger partial charge on any atom is 0.210 e. The van der Waals surface area contributed by atoms with Gasteiger partial charge in [0.05, 0.1) is 0 Å². The molecule has 0 N–H and O–H groups in total. The topological polar surface area (TPSA) is 43.1 Å². The largest absolute Gasteiger partial charge is 0.264 e. The van der Waals surface area contributed by atoms with Gasteiger partial charge in [0, 0.05) is 18.3 Å². The minimum atomic E-state index is -0.357. The number of rotatable bonds is 12. The third-order valence-electron chi connectivity index (χ3n) is 3.34. The molecule has 102 valence electrons. The van der Waals surface area contributed by atoms with Crippen LogP contribution in [-0.4, -0.2) is 11.0 Å². The highest BCUT2D eigenvalue weighted by molar-refractivity contribution is 4.51. The molecule has 0 fully saturated rings. The van der Waals surface area contributed by atoms with Gasteiger partial charge in [0.15, 0.2) is 0 Å². The van der Waals surface area contributed by atoms with Crippen LogP contribution in [0.1, 0.15) is 84.5 Å². The molecule has 0 saturated heterocycles. The van der Waals surface area contributed by atoms with Gasteiger partial charge < -0.3 is 0 Å². The molecule has 0 aromatic rings. The zero-order valence-electron chi connectivity index (χ0n) is 11.6. The fourth-order valence-corrected chi connectivity index (χ4v) is 2.03. The van der Waals surface area contributed by atoms with Gasteiger partial charge in [-0.15, -0.1) is 0 Å². The minimum Gasteiger partial charge on any atom is -0.264 e. The van der Waals surface area contributed by atoms with Gasteiger partial charge in [-0.1, -0.05) is 64.7 Å². The van der Waals surface area contributed by atoms with Crippen LogP contribution < -0.4 is 0 Å². The summed E-state index contributed by atoms with van der Waals surface area (Å²) in [6, 6.07) is -0.357. The average Bonchev–Trinajstić information content (AvgIpc) is 2.31. The summed E-state index contributed by atoms with van der Waals surface area (Å²) in [6.07, 6.45) is 13.6. The van der Waals surface area contributed by atoms with E-state index in [1.807, 2.05) is 0 Å².